The number of allylic oxidation sites excluding steroid dienone is 4. The summed E-state index contributed by atoms with van der Waals surface area (Å²) in [6.45, 7) is 13.3. The van der Waals surface area contributed by atoms with Gasteiger partial charge in [-0.3, -0.25) is 6.08 Å². The van der Waals surface area contributed by atoms with E-state index < -0.39 is 0 Å². The Morgan fingerprint density at radius 2 is 1.53 bits per heavy atom. The molecule has 0 N–H and O–H groups in total. The number of benzene rings is 2. The maximum Gasteiger partial charge on any atom is -1.00 e. The van der Waals surface area contributed by atoms with E-state index in [1.807, 2.05) is 12.1 Å². The molecule has 170 valence electrons. The Balaban J connectivity index is 0.000000547. The molecule has 1 nitrogen and oxygen atoms in total. The third-order valence-electron chi connectivity index (χ3n) is 5.32. The fourth-order valence-corrected chi connectivity index (χ4v) is 3.33. The second-order valence-electron chi connectivity index (χ2n) is 7.86. The van der Waals surface area contributed by atoms with E-state index in [1.165, 1.54) is 38.6 Å². The van der Waals surface area contributed by atoms with Crippen molar-refractivity contribution in [3.63, 3.8) is 0 Å². The molecular weight excluding hydrogens is 531 g/mol. The van der Waals surface area contributed by atoms with Crippen molar-refractivity contribution < 1.29 is 52.9 Å². The molecule has 32 heavy (non-hydrogen) atoms. The number of methoxy groups -OCH3 is 1. The van der Waals surface area contributed by atoms with Gasteiger partial charge in [-0.15, -0.1) is 53.6 Å². The molecule has 0 aliphatic heterocycles. The van der Waals surface area contributed by atoms with Crippen molar-refractivity contribution >= 4 is 16.2 Å². The molecule has 1 aliphatic carbocycles. The van der Waals surface area contributed by atoms with Gasteiger partial charge in [0.2, 0.25) is 0 Å². The zero-order valence-electron chi connectivity index (χ0n) is 20.0. The van der Waals surface area contributed by atoms with Crippen LogP contribution in [0.3, 0.4) is 0 Å². The number of rotatable bonds is 2. The van der Waals surface area contributed by atoms with Crippen LogP contribution < -0.4 is 29.6 Å². The van der Waals surface area contributed by atoms with Gasteiger partial charge in [0.15, 0.2) is 0 Å². The zero-order chi connectivity index (χ0) is 22.3. The Bertz CT molecular complexity index is 1060. The summed E-state index contributed by atoms with van der Waals surface area (Å²) in [5.74, 6) is 1.45. The number of hydrogen-bond acceptors (Lipinski definition) is 1. The Hall–Kier alpha value is -0.990. The van der Waals surface area contributed by atoms with E-state index in [2.05, 4.69) is 95.4 Å². The molecular formula is C27H32Cl2OSiZr-2. The summed E-state index contributed by atoms with van der Waals surface area (Å²) in [5.41, 5.74) is 6.97. The summed E-state index contributed by atoms with van der Waals surface area (Å²) in [6, 6.07) is 21.0. The second-order valence-corrected chi connectivity index (χ2v) is 17.2. The molecule has 1 atom stereocenters. The second kappa shape index (κ2) is 15.0. The molecule has 1 unspecified atom stereocenters. The average Bonchev–Trinajstić information content (AvgIpc) is 3.25. The van der Waals surface area contributed by atoms with Crippen LogP contribution in [-0.4, -0.2) is 12.5 Å². The van der Waals surface area contributed by atoms with E-state index in [0.717, 1.165) is 5.75 Å². The first-order valence-corrected chi connectivity index (χ1v) is 16.5. The first-order valence-electron chi connectivity index (χ1n) is 10.3. The minimum atomic E-state index is 0. The minimum absolute atomic E-state index is 0. The average molecular weight is 563 g/mol. The Kier molecular flexibility index (Phi) is 14.6. The third-order valence-corrected chi connectivity index (χ3v) is 5.32. The predicted molar refractivity (Wildman–Crippen MR) is 129 cm³/mol. The first-order chi connectivity index (χ1) is 14.2. The van der Waals surface area contributed by atoms with Gasteiger partial charge in [-0.05, 0) is 12.1 Å². The predicted octanol–water partition coefficient (Wildman–Crippen LogP) is 1.75. The van der Waals surface area contributed by atoms with Crippen molar-refractivity contribution in [2.75, 3.05) is 7.11 Å². The summed E-state index contributed by atoms with van der Waals surface area (Å²) in [5, 5.41) is 2.59. The quantitative estimate of drug-likeness (QED) is 0.342. The number of fused-ring (bicyclic) bond motifs is 1. The van der Waals surface area contributed by atoms with Gasteiger partial charge in [0.25, 0.3) is 0 Å². The summed E-state index contributed by atoms with van der Waals surface area (Å²) in [6.07, 6.45) is 3.36. The molecule has 0 aromatic heterocycles. The van der Waals surface area contributed by atoms with Gasteiger partial charge < -0.3 is 29.6 Å². The monoisotopic (exact) mass is 560 g/mol. The maximum absolute atomic E-state index is 5.17. The number of ether oxygens (including phenoxy) is 1. The number of hydrogen-bond donors (Lipinski definition) is 0. The van der Waals surface area contributed by atoms with Crippen molar-refractivity contribution in [3.8, 4) is 16.9 Å². The molecule has 0 amide bonds. The van der Waals surface area contributed by atoms with Crippen LogP contribution in [-0.2, 0) is 23.3 Å². The van der Waals surface area contributed by atoms with Gasteiger partial charge in [-0.25, -0.2) is 5.57 Å². The molecule has 0 spiro atoms. The van der Waals surface area contributed by atoms with E-state index >= 15 is 0 Å². The Morgan fingerprint density at radius 1 is 0.969 bits per heavy atom. The first kappa shape index (κ1) is 31.0. The SMILES string of the molecule is CC1=[C-]C(C)C(C)=C1C.COc1ccc(-c2c[cH-]c3ccccc23)cc1.C[Si](C)=[Zr+2].[Cl-].[Cl-]. The standard InChI is InChI=1S/C16H13O.C9H13.C2H6Si.2ClH.Zr/c1-17-14-9-6-13(7-10-14)16-11-8-12-4-2-3-5-15(12)16;1-6-5-7(2)9(4)8(6)3;1-3-2;;;/h2-11H,1H3;6H,1-4H3;1-2H3;2*1H;/q2*-1;;;;+2/p-2. The minimum Gasteiger partial charge on any atom is -1.00 e. The van der Waals surface area contributed by atoms with Crippen LogP contribution >= 0.6 is 0 Å². The van der Waals surface area contributed by atoms with Gasteiger partial charge >= 0.3 is 41.9 Å². The molecule has 0 fully saturated rings. The van der Waals surface area contributed by atoms with E-state index in [-0.39, 0.29) is 30.2 Å². The molecule has 1 aliphatic rings. The molecule has 3 aromatic carbocycles. The van der Waals surface area contributed by atoms with Crippen LogP contribution in [0, 0.1) is 12.0 Å². The normalized spacial score (nSPS) is 14.2. The summed E-state index contributed by atoms with van der Waals surface area (Å²) < 4.78 is 5.17. The van der Waals surface area contributed by atoms with Crippen molar-refractivity contribution in [1.82, 2.24) is 0 Å². The summed E-state index contributed by atoms with van der Waals surface area (Å²) >= 11 is 1.74. The van der Waals surface area contributed by atoms with Crippen LogP contribution in [0.5, 0.6) is 5.75 Å². The zero-order valence-corrected chi connectivity index (χ0v) is 25.0. The van der Waals surface area contributed by atoms with Gasteiger partial charge in [0, 0.05) is 0 Å². The molecule has 3 aromatic rings. The van der Waals surface area contributed by atoms with Crippen LogP contribution in [0.1, 0.15) is 27.7 Å². The fraction of sp³-hybridized carbons (Fsp3) is 0.296. The van der Waals surface area contributed by atoms with Crippen LogP contribution in [0.2, 0.25) is 13.1 Å². The van der Waals surface area contributed by atoms with E-state index in [4.69, 9.17) is 4.74 Å². The van der Waals surface area contributed by atoms with Crippen molar-refractivity contribution in [3.05, 3.63) is 83.5 Å². The third kappa shape index (κ3) is 8.75. The van der Waals surface area contributed by atoms with Gasteiger partial charge in [0.1, 0.15) is 5.75 Å². The van der Waals surface area contributed by atoms with Gasteiger partial charge in [-0.1, -0.05) is 50.5 Å². The van der Waals surface area contributed by atoms with E-state index in [0.29, 0.717) is 5.92 Å². The molecule has 0 saturated carbocycles. The molecule has 5 heteroatoms. The van der Waals surface area contributed by atoms with E-state index in [1.54, 1.807) is 30.4 Å². The van der Waals surface area contributed by atoms with Crippen LogP contribution in [0.25, 0.3) is 21.9 Å². The van der Waals surface area contributed by atoms with Crippen molar-refractivity contribution in [2.45, 2.75) is 40.8 Å². The topological polar surface area (TPSA) is 9.23 Å². The smallest absolute Gasteiger partial charge is 1.00 e. The maximum atomic E-state index is 5.17. The molecule has 0 bridgehead atoms. The molecule has 0 heterocycles. The van der Waals surface area contributed by atoms with Gasteiger partial charge in [0.05, 0.1) is 7.11 Å². The van der Waals surface area contributed by atoms with Crippen molar-refractivity contribution in [2.24, 2.45) is 5.92 Å². The van der Waals surface area contributed by atoms with Crippen molar-refractivity contribution in [1.29, 1.82) is 0 Å². The number of halogens is 2. The summed E-state index contributed by atoms with van der Waals surface area (Å²) in [4.78, 5) is 0. The largest absolute Gasteiger partial charge is 1.00 e. The Morgan fingerprint density at radius 3 is 1.97 bits per heavy atom. The summed E-state index contributed by atoms with van der Waals surface area (Å²) in [7, 11) is 1.69. The molecule has 4 rings (SSSR count). The molecule has 0 radical (unpaired) electrons. The Labute approximate surface area is 221 Å². The van der Waals surface area contributed by atoms with Gasteiger partial charge in [-0.2, -0.15) is 11.1 Å². The fourth-order valence-electron chi connectivity index (χ4n) is 3.33. The van der Waals surface area contributed by atoms with Crippen LogP contribution in [0.15, 0.2) is 77.4 Å². The molecule has 0 saturated heterocycles. The van der Waals surface area contributed by atoms with Crippen LogP contribution in [0.4, 0.5) is 0 Å². The van der Waals surface area contributed by atoms with E-state index in [9.17, 15) is 0 Å².